The molecule has 0 atom stereocenters. The molecule has 2 aliphatic rings. The van der Waals surface area contributed by atoms with Crippen molar-refractivity contribution in [3.63, 3.8) is 0 Å². The summed E-state index contributed by atoms with van der Waals surface area (Å²) in [6.07, 6.45) is -3.67. The zero-order valence-electron chi connectivity index (χ0n) is 17.1. The number of piperidine rings is 1. The highest BCUT2D eigenvalue weighted by Crippen LogP contribution is 2.41. The molecule has 13 heteroatoms. The number of alkyl halides is 3. The molecular formula is C20H19ClF3N5O3S. The van der Waals surface area contributed by atoms with E-state index in [1.165, 1.54) is 11.3 Å². The summed E-state index contributed by atoms with van der Waals surface area (Å²) >= 11 is 7.28. The Morgan fingerprint density at radius 2 is 1.88 bits per heavy atom. The lowest BCUT2D eigenvalue weighted by Crippen LogP contribution is -2.46. The number of thiazole rings is 1. The van der Waals surface area contributed by atoms with Gasteiger partial charge in [0.2, 0.25) is 11.8 Å². The number of carbonyl (C=O) groups is 1. The molecule has 2 fully saturated rings. The molecule has 1 aliphatic heterocycles. The third-order valence-electron chi connectivity index (χ3n) is 5.85. The van der Waals surface area contributed by atoms with Crippen LogP contribution in [0.5, 0.6) is 0 Å². The van der Waals surface area contributed by atoms with Crippen molar-refractivity contribution < 1.29 is 27.1 Å². The number of hydrogen-bond donors (Lipinski definition) is 1. The van der Waals surface area contributed by atoms with Gasteiger partial charge in [-0.05, 0) is 43.9 Å². The molecule has 1 N–H and O–H groups in total. The molecule has 1 aromatic carbocycles. The average Bonchev–Trinajstić information content (AvgIpc) is 3.37. The summed E-state index contributed by atoms with van der Waals surface area (Å²) in [5.74, 6) is 0.400. The molecule has 3 aromatic rings. The maximum Gasteiger partial charge on any atom is 0.522 e. The number of fused-ring (bicyclic) bond motifs is 1. The van der Waals surface area contributed by atoms with Crippen LogP contribution < -0.4 is 5.43 Å². The third kappa shape index (κ3) is 5.13. The predicted octanol–water partition coefficient (Wildman–Crippen LogP) is 4.64. The quantitative estimate of drug-likeness (QED) is 0.544. The Balaban J connectivity index is 1.11. The molecular weight excluding hydrogens is 483 g/mol. The number of amides is 1. The Bertz CT molecular complexity index is 1160. The zero-order valence-corrected chi connectivity index (χ0v) is 18.7. The van der Waals surface area contributed by atoms with Crippen molar-refractivity contribution in [1.82, 2.24) is 25.6 Å². The number of halogens is 4. The first-order valence-electron chi connectivity index (χ1n) is 10.4. The second kappa shape index (κ2) is 8.82. The molecule has 0 radical (unpaired) electrons. The molecule has 33 heavy (non-hydrogen) atoms. The maximum atomic E-state index is 12.6. The van der Waals surface area contributed by atoms with Crippen molar-refractivity contribution >= 4 is 39.1 Å². The smallest absolute Gasteiger partial charge is 0.425 e. The largest absolute Gasteiger partial charge is 0.522 e. The van der Waals surface area contributed by atoms with Crippen molar-refractivity contribution in [2.24, 2.45) is 0 Å². The van der Waals surface area contributed by atoms with Crippen LogP contribution in [0.15, 0.2) is 22.6 Å². The zero-order chi connectivity index (χ0) is 23.2. The summed E-state index contributed by atoms with van der Waals surface area (Å²) in [6, 6.07) is 5.32. The number of hydrogen-bond acceptors (Lipinski definition) is 8. The fraction of sp³-hybridized carbons (Fsp3) is 0.500. The molecule has 0 unspecified atom stereocenters. The van der Waals surface area contributed by atoms with E-state index >= 15 is 0 Å². The van der Waals surface area contributed by atoms with Gasteiger partial charge < -0.3 is 4.42 Å². The summed E-state index contributed by atoms with van der Waals surface area (Å²) in [5, 5.41) is 10.9. The molecule has 1 saturated carbocycles. The molecule has 176 valence electrons. The Morgan fingerprint density at radius 1 is 1.18 bits per heavy atom. The van der Waals surface area contributed by atoms with E-state index in [2.05, 4.69) is 25.3 Å². The van der Waals surface area contributed by atoms with E-state index in [9.17, 15) is 18.0 Å². The van der Waals surface area contributed by atoms with E-state index in [0.29, 0.717) is 53.3 Å². The van der Waals surface area contributed by atoms with Gasteiger partial charge in [0.05, 0.1) is 16.3 Å². The average molecular weight is 502 g/mol. The number of benzene rings is 1. The van der Waals surface area contributed by atoms with Crippen LogP contribution in [0.25, 0.3) is 10.2 Å². The number of carbonyl (C=O) groups excluding carboxylic acids is 1. The number of nitrogens with one attached hydrogen (secondary N) is 1. The number of aromatic nitrogens is 3. The van der Waals surface area contributed by atoms with Crippen molar-refractivity contribution in [1.29, 1.82) is 0 Å². The van der Waals surface area contributed by atoms with Gasteiger partial charge in [0.1, 0.15) is 0 Å². The highest BCUT2D eigenvalue weighted by atomic mass is 35.5. The molecule has 0 spiro atoms. The van der Waals surface area contributed by atoms with Crippen LogP contribution >= 0.6 is 22.9 Å². The molecule has 1 saturated heterocycles. The molecule has 2 aromatic heterocycles. The monoisotopic (exact) mass is 501 g/mol. The van der Waals surface area contributed by atoms with Crippen LogP contribution in [0.1, 0.15) is 59.1 Å². The van der Waals surface area contributed by atoms with Gasteiger partial charge in [-0.2, -0.15) is 0 Å². The van der Waals surface area contributed by atoms with E-state index < -0.39 is 12.5 Å². The highest BCUT2D eigenvalue weighted by molar-refractivity contribution is 7.20. The number of nitrogens with zero attached hydrogens (tertiary/aromatic N) is 4. The Labute approximate surface area is 195 Å². The second-order valence-corrected chi connectivity index (χ2v) is 9.63. The van der Waals surface area contributed by atoms with Gasteiger partial charge in [-0.25, -0.2) is 9.99 Å². The fourth-order valence-electron chi connectivity index (χ4n) is 4.06. The summed E-state index contributed by atoms with van der Waals surface area (Å²) in [5.41, 5.74) is 3.57. The van der Waals surface area contributed by atoms with Crippen LogP contribution in [-0.2, 0) is 4.74 Å². The summed E-state index contributed by atoms with van der Waals surface area (Å²) in [7, 11) is 0. The van der Waals surface area contributed by atoms with E-state index in [1.807, 2.05) is 11.1 Å². The lowest BCUT2D eigenvalue weighted by atomic mass is 9.82. The first kappa shape index (κ1) is 22.5. The molecule has 5 rings (SSSR count). The minimum absolute atomic E-state index is 0.0336. The van der Waals surface area contributed by atoms with Crippen LogP contribution in [0.4, 0.5) is 13.2 Å². The third-order valence-corrected chi connectivity index (χ3v) is 7.12. The molecule has 3 heterocycles. The van der Waals surface area contributed by atoms with Gasteiger partial charge in [0.25, 0.3) is 5.91 Å². The summed E-state index contributed by atoms with van der Waals surface area (Å²) < 4.78 is 47.4. The lowest BCUT2D eigenvalue weighted by molar-refractivity contribution is -0.352. The topological polar surface area (TPSA) is 93.4 Å². The van der Waals surface area contributed by atoms with Gasteiger partial charge in [-0.1, -0.05) is 11.6 Å². The standard InChI is InChI=1S/C20H19ClF3N5O3S/c21-12-1-2-15-14(9-12)25-19(33-15)16(30)28-29-5-3-10(4-6-29)17-26-27-18(31-17)11-7-13(8-11)32-20(22,23)24/h1-2,9-11,13H,3-8H2,(H,28,30). The van der Waals surface area contributed by atoms with Crippen LogP contribution in [-0.4, -0.2) is 51.7 Å². The van der Waals surface area contributed by atoms with Crippen molar-refractivity contribution in [3.8, 4) is 0 Å². The number of hydrazine groups is 1. The predicted molar refractivity (Wildman–Crippen MR) is 113 cm³/mol. The van der Waals surface area contributed by atoms with Gasteiger partial charge in [0.15, 0.2) is 5.01 Å². The summed E-state index contributed by atoms with van der Waals surface area (Å²) in [6.45, 7) is 1.19. The summed E-state index contributed by atoms with van der Waals surface area (Å²) in [4.78, 5) is 16.9. The van der Waals surface area contributed by atoms with E-state index in [-0.39, 0.29) is 30.6 Å². The lowest BCUT2D eigenvalue weighted by Gasteiger charge is -2.33. The van der Waals surface area contributed by atoms with Gasteiger partial charge in [-0.3, -0.25) is 15.0 Å². The van der Waals surface area contributed by atoms with Crippen molar-refractivity contribution in [2.75, 3.05) is 13.1 Å². The number of ether oxygens (including phenoxy) is 1. The van der Waals surface area contributed by atoms with Gasteiger partial charge >= 0.3 is 6.36 Å². The SMILES string of the molecule is O=C(NN1CCC(c2nnc(C3CC(OC(F)(F)F)C3)o2)CC1)c1nc2cc(Cl)ccc2s1. The first-order valence-corrected chi connectivity index (χ1v) is 11.6. The van der Waals surface area contributed by atoms with Gasteiger partial charge in [0, 0.05) is 29.9 Å². The Kier molecular flexibility index (Phi) is 6.02. The van der Waals surface area contributed by atoms with Crippen LogP contribution in [0.2, 0.25) is 5.02 Å². The Hall–Kier alpha value is -2.28. The van der Waals surface area contributed by atoms with Crippen molar-refractivity contribution in [3.05, 3.63) is 40.0 Å². The van der Waals surface area contributed by atoms with Crippen molar-refractivity contribution in [2.45, 2.75) is 50.0 Å². The molecule has 1 aliphatic carbocycles. The van der Waals surface area contributed by atoms with E-state index in [1.54, 1.807) is 12.1 Å². The molecule has 0 bridgehead atoms. The van der Waals surface area contributed by atoms with Gasteiger partial charge in [-0.15, -0.1) is 34.7 Å². The van der Waals surface area contributed by atoms with E-state index in [4.69, 9.17) is 16.0 Å². The van der Waals surface area contributed by atoms with E-state index in [0.717, 1.165) is 4.70 Å². The Morgan fingerprint density at radius 3 is 2.58 bits per heavy atom. The van der Waals surface area contributed by atoms with Crippen LogP contribution in [0, 0.1) is 0 Å². The molecule has 1 amide bonds. The second-order valence-electron chi connectivity index (χ2n) is 8.17. The maximum absolute atomic E-state index is 12.6. The highest BCUT2D eigenvalue weighted by Gasteiger charge is 2.42. The van der Waals surface area contributed by atoms with Crippen LogP contribution in [0.3, 0.4) is 0 Å². The minimum Gasteiger partial charge on any atom is -0.425 e. The normalized spacial score (nSPS) is 22.4. The first-order chi connectivity index (χ1) is 15.7. The molecule has 8 nitrogen and oxygen atoms in total. The minimum atomic E-state index is -4.63. The fourth-order valence-corrected chi connectivity index (χ4v) is 5.06. The number of rotatable bonds is 5.